The monoisotopic (exact) mass is 503 g/mol. The van der Waals surface area contributed by atoms with Crippen LogP contribution in [-0.4, -0.2) is 38.9 Å². The van der Waals surface area contributed by atoms with Crippen LogP contribution in [-0.2, 0) is 10.1 Å². The molecule has 0 aromatic heterocycles. The van der Waals surface area contributed by atoms with Crippen LogP contribution >= 0.6 is 10.3 Å². The Morgan fingerprint density at radius 2 is 0.879 bits per heavy atom. The van der Waals surface area contributed by atoms with Crippen LogP contribution in [0.5, 0.6) is 17.2 Å². The lowest BCUT2D eigenvalue weighted by Crippen LogP contribution is -2.30. The summed E-state index contributed by atoms with van der Waals surface area (Å²) in [5, 5.41) is 0. The first-order chi connectivity index (χ1) is 15.6. The third kappa shape index (κ3) is 4.90. The molecule has 0 heterocycles. The molecule has 0 fully saturated rings. The van der Waals surface area contributed by atoms with Gasteiger partial charge in [-0.05, 0) is 72.8 Å². The highest BCUT2D eigenvalue weighted by Crippen LogP contribution is 2.69. The van der Waals surface area contributed by atoms with Crippen molar-refractivity contribution < 1.29 is 39.4 Å². The van der Waals surface area contributed by atoms with Gasteiger partial charge in [0.25, 0.3) is 0 Å². The second kappa shape index (κ2) is 9.54. The molecule has 0 amide bonds. The van der Waals surface area contributed by atoms with Crippen LogP contribution < -0.4 is 14.2 Å². The summed E-state index contributed by atoms with van der Waals surface area (Å²) in [5.74, 6) is 1.36. The third-order valence-corrected chi connectivity index (χ3v) is 9.83. The lowest BCUT2D eigenvalue weighted by Gasteiger charge is -2.35. The maximum Gasteiger partial charge on any atom is 0.572 e. The van der Waals surface area contributed by atoms with Gasteiger partial charge >= 0.3 is 15.6 Å². The molecule has 0 radical (unpaired) electrons. The Balaban J connectivity index is 2.37. The van der Waals surface area contributed by atoms with E-state index in [9.17, 15) is 21.6 Å². The number of methoxy groups -OCH3 is 3. The van der Waals surface area contributed by atoms with E-state index in [1.165, 1.54) is 57.7 Å². The van der Waals surface area contributed by atoms with Crippen LogP contribution in [0.15, 0.2) is 87.5 Å². The van der Waals surface area contributed by atoms with Crippen LogP contribution in [0.2, 0.25) is 0 Å². The summed E-state index contributed by atoms with van der Waals surface area (Å²) in [6.07, 6.45) is 0. The number of alkyl halides is 3. The van der Waals surface area contributed by atoms with E-state index in [2.05, 4.69) is 3.63 Å². The smallest absolute Gasteiger partial charge is 0.497 e. The summed E-state index contributed by atoms with van der Waals surface area (Å²) < 4.78 is 84.5. The van der Waals surface area contributed by atoms with E-state index in [1.54, 1.807) is 36.4 Å². The fourth-order valence-electron chi connectivity index (χ4n) is 3.04. The van der Waals surface area contributed by atoms with Crippen molar-refractivity contribution in [2.75, 3.05) is 21.3 Å². The molecule has 0 spiro atoms. The van der Waals surface area contributed by atoms with Crippen molar-refractivity contribution in [2.24, 2.45) is 0 Å². The van der Waals surface area contributed by atoms with Crippen LogP contribution in [0.3, 0.4) is 0 Å². The van der Waals surface area contributed by atoms with E-state index in [0.717, 1.165) is 0 Å². The minimum absolute atomic E-state index is 0.270. The summed E-state index contributed by atoms with van der Waals surface area (Å²) in [5.41, 5.74) is -5.57. The topological polar surface area (TPSA) is 74.6 Å². The van der Waals surface area contributed by atoms with Gasteiger partial charge in [0.05, 0.1) is 46.3 Å². The lowest BCUT2D eigenvalue weighted by molar-refractivity contribution is -0.0540. The molecule has 0 unspecified atom stereocenters. The van der Waals surface area contributed by atoms with Crippen LogP contribution in [0.25, 0.3) is 0 Å². The summed E-state index contributed by atoms with van der Waals surface area (Å²) in [4.78, 5) is 0.810. The van der Waals surface area contributed by atoms with Gasteiger partial charge in [0.1, 0.15) is 17.2 Å². The molecule has 1 N–H and O–H groups in total. The van der Waals surface area contributed by atoms with Crippen molar-refractivity contribution >= 4 is 20.4 Å². The predicted molar refractivity (Wildman–Crippen MR) is 119 cm³/mol. The highest BCUT2D eigenvalue weighted by molar-refractivity contribution is 8.32. The molecule has 11 heteroatoms. The largest absolute Gasteiger partial charge is 0.572 e. The van der Waals surface area contributed by atoms with E-state index >= 15 is 0 Å². The highest BCUT2D eigenvalue weighted by Gasteiger charge is 2.57. The van der Waals surface area contributed by atoms with Crippen molar-refractivity contribution in [1.29, 1.82) is 0 Å². The SMILES string of the molecule is COc1ccc(S([OH+]S(=O)(=O)C(F)(F)F)(c2ccc(OC)cc2)c2ccc(OC)cc2)cc1. The molecule has 3 rings (SSSR count). The standard InChI is InChI=1S/C22H21F3O6S2/c1-28-16-4-10-19(11-5-16)32(31-33(26,27)22(23,24)25,20-12-6-17(29-2)7-13-20)21-14-8-18(30-3)9-15-21/h4-15H,1-3H3/p+1. The number of halogens is 3. The maximum atomic E-state index is 13.5. The van der Waals surface area contributed by atoms with E-state index in [4.69, 9.17) is 14.2 Å². The molecule has 178 valence electrons. The number of benzene rings is 3. The van der Waals surface area contributed by atoms with Crippen molar-refractivity contribution in [3.63, 3.8) is 0 Å². The van der Waals surface area contributed by atoms with Gasteiger partial charge in [-0.25, -0.2) is 0 Å². The normalized spacial score (nSPS) is 12.8. The predicted octanol–water partition coefficient (Wildman–Crippen LogP) is 5.85. The molecular formula is C22H22F3O6S2+. The van der Waals surface area contributed by atoms with Gasteiger partial charge in [0, 0.05) is 0 Å². The second-order valence-corrected chi connectivity index (χ2v) is 11.2. The number of rotatable bonds is 8. The molecule has 0 bridgehead atoms. The Hall–Kier alpha value is -2.89. The van der Waals surface area contributed by atoms with Gasteiger partial charge in [-0.2, -0.15) is 13.2 Å². The Morgan fingerprint density at radius 1 is 0.606 bits per heavy atom. The average Bonchev–Trinajstić information content (AvgIpc) is 2.82. The number of hydrogen-bond donors (Lipinski definition) is 0. The Labute approximate surface area is 191 Å². The van der Waals surface area contributed by atoms with Gasteiger partial charge in [-0.15, -0.1) is 8.42 Å². The molecule has 0 saturated carbocycles. The first-order valence-corrected chi connectivity index (χ1v) is 12.4. The lowest BCUT2D eigenvalue weighted by atomic mass is 10.3. The highest BCUT2D eigenvalue weighted by atomic mass is 32.3. The summed E-state index contributed by atoms with van der Waals surface area (Å²) in [6, 6.07) is 18.3. The fourth-order valence-corrected chi connectivity index (χ4v) is 8.00. The Bertz CT molecular complexity index is 1060. The maximum absolute atomic E-state index is 13.5. The molecule has 0 aliphatic rings. The van der Waals surface area contributed by atoms with E-state index in [0.29, 0.717) is 17.2 Å². The summed E-state index contributed by atoms with van der Waals surface area (Å²) >= 11 is 0. The van der Waals surface area contributed by atoms with Crippen molar-refractivity contribution in [3.8, 4) is 17.2 Å². The Kier molecular flexibility index (Phi) is 7.15. The molecular weight excluding hydrogens is 481 g/mol. The summed E-state index contributed by atoms with van der Waals surface area (Å²) in [6.45, 7) is 0. The van der Waals surface area contributed by atoms with Crippen molar-refractivity contribution in [1.82, 2.24) is 0 Å². The number of ether oxygens (including phenoxy) is 3. The number of hydrogen-bond acceptors (Lipinski definition) is 5. The minimum atomic E-state index is -5.88. The fraction of sp³-hybridized carbons (Fsp3) is 0.182. The van der Waals surface area contributed by atoms with Gasteiger partial charge in [0.2, 0.25) is 0 Å². The van der Waals surface area contributed by atoms with Crippen LogP contribution in [0.4, 0.5) is 13.2 Å². The molecule has 6 nitrogen and oxygen atoms in total. The van der Waals surface area contributed by atoms with Crippen molar-refractivity contribution in [3.05, 3.63) is 72.8 Å². The zero-order chi connectivity index (χ0) is 24.3. The first-order valence-electron chi connectivity index (χ1n) is 9.38. The molecule has 33 heavy (non-hydrogen) atoms. The summed E-state index contributed by atoms with van der Waals surface area (Å²) in [7, 11) is -4.84. The zero-order valence-corrected chi connectivity index (χ0v) is 19.5. The third-order valence-electron chi connectivity index (χ3n) is 4.70. The average molecular weight is 504 g/mol. The van der Waals surface area contributed by atoms with E-state index < -0.39 is 25.9 Å². The van der Waals surface area contributed by atoms with E-state index in [-0.39, 0.29) is 14.7 Å². The quantitative estimate of drug-likeness (QED) is 0.219. The van der Waals surface area contributed by atoms with E-state index in [1.807, 2.05) is 0 Å². The molecule has 3 aromatic carbocycles. The molecule has 0 saturated heterocycles. The second-order valence-electron chi connectivity index (χ2n) is 6.60. The minimum Gasteiger partial charge on any atom is -0.497 e. The molecule has 3 aromatic rings. The van der Waals surface area contributed by atoms with Crippen LogP contribution in [0, 0.1) is 0 Å². The zero-order valence-electron chi connectivity index (χ0n) is 17.9. The van der Waals surface area contributed by atoms with Gasteiger partial charge in [-0.3, -0.25) is 3.63 Å². The molecule has 0 aliphatic carbocycles. The first kappa shape index (κ1) is 24.7. The van der Waals surface area contributed by atoms with Crippen LogP contribution in [0.1, 0.15) is 0 Å². The Morgan fingerprint density at radius 3 is 1.09 bits per heavy atom. The molecule has 0 aliphatic heterocycles. The van der Waals surface area contributed by atoms with Gasteiger partial charge in [0.15, 0.2) is 0 Å². The van der Waals surface area contributed by atoms with Gasteiger partial charge in [-0.1, -0.05) is 0 Å². The molecule has 0 atom stereocenters. The van der Waals surface area contributed by atoms with Gasteiger partial charge < -0.3 is 14.2 Å². The van der Waals surface area contributed by atoms with Crippen molar-refractivity contribution in [2.45, 2.75) is 20.2 Å².